The number of aromatic nitrogens is 4. The summed E-state index contributed by atoms with van der Waals surface area (Å²) in [6, 6.07) is 47.9. The number of benzene rings is 6. The third kappa shape index (κ3) is 14.8. The van der Waals surface area contributed by atoms with E-state index in [1.165, 1.54) is 6.07 Å². The van der Waals surface area contributed by atoms with E-state index in [0.29, 0.717) is 24.7 Å². The number of anilines is 4. The molecule has 8 aromatic rings. The van der Waals surface area contributed by atoms with Gasteiger partial charge in [0.1, 0.15) is 23.0 Å². The Bertz CT molecular complexity index is 3230. The first-order valence-corrected chi connectivity index (χ1v) is 25.7. The van der Waals surface area contributed by atoms with Crippen LogP contribution in [0.5, 0.6) is 23.0 Å². The van der Waals surface area contributed by atoms with Crippen LogP contribution in [-0.4, -0.2) is 42.3 Å². The molecule has 0 spiro atoms. The van der Waals surface area contributed by atoms with Gasteiger partial charge in [0.05, 0.1) is 21.2 Å². The molecule has 70 heavy (non-hydrogen) atoms. The Morgan fingerprint density at radius 2 is 0.914 bits per heavy atom. The number of sulfonamides is 2. The third-order valence-corrected chi connectivity index (χ3v) is 13.1. The van der Waals surface area contributed by atoms with Crippen molar-refractivity contribution in [2.75, 3.05) is 10.6 Å². The van der Waals surface area contributed by atoms with E-state index in [9.17, 15) is 16.8 Å². The van der Waals surface area contributed by atoms with Gasteiger partial charge in [0.15, 0.2) is 0 Å². The molecule has 0 aliphatic rings. The maximum absolute atomic E-state index is 12.8. The minimum Gasteiger partial charge on any atom is -0.457 e. The van der Waals surface area contributed by atoms with Crippen molar-refractivity contribution in [2.45, 2.75) is 75.6 Å². The lowest BCUT2D eigenvalue weighted by Gasteiger charge is -2.20. The van der Waals surface area contributed by atoms with Crippen LogP contribution in [0.15, 0.2) is 180 Å². The summed E-state index contributed by atoms with van der Waals surface area (Å²) in [5, 5.41) is 11.7. The van der Waals surface area contributed by atoms with E-state index in [2.05, 4.69) is 37.2 Å². The van der Waals surface area contributed by atoms with Crippen LogP contribution < -0.4 is 30.0 Å². The predicted octanol–water partition coefficient (Wildman–Crippen LogP) is 11.1. The zero-order valence-corrected chi connectivity index (χ0v) is 41.3. The molecule has 360 valence electrons. The Morgan fingerprint density at radius 1 is 0.514 bits per heavy atom. The largest absolute Gasteiger partial charge is 0.457 e. The van der Waals surface area contributed by atoms with E-state index >= 15 is 0 Å². The summed E-state index contributed by atoms with van der Waals surface area (Å²) in [5.74, 6) is 3.94. The summed E-state index contributed by atoms with van der Waals surface area (Å²) in [5.41, 5.74) is 6.43. The maximum Gasteiger partial charge on any atom is 0.241 e. The van der Waals surface area contributed by atoms with Crippen molar-refractivity contribution < 1.29 is 26.3 Å². The van der Waals surface area contributed by atoms with Gasteiger partial charge in [0, 0.05) is 42.1 Å². The Labute approximate surface area is 410 Å². The summed E-state index contributed by atoms with van der Waals surface area (Å²) in [7, 11) is -7.39. The number of ether oxygens (including phenoxy) is 2. The second kappa shape index (κ2) is 22.7. The molecule has 0 bridgehead atoms. The van der Waals surface area contributed by atoms with Crippen LogP contribution in [0.25, 0.3) is 0 Å². The second-order valence-electron chi connectivity index (χ2n) is 17.2. The average molecular weight is 977 g/mol. The normalized spacial score (nSPS) is 11.5. The highest BCUT2D eigenvalue weighted by atomic mass is 32.2. The molecule has 0 aliphatic heterocycles. The lowest BCUT2D eigenvalue weighted by atomic mass is 10.1. The van der Waals surface area contributed by atoms with Crippen LogP contribution in [0.4, 0.5) is 23.3 Å². The fourth-order valence-electron chi connectivity index (χ4n) is 7.13. The SMILES string of the molecule is CCc1cnc(Nc2ccc(Oc3ccccc3)cc2)nc1Cc1cccc(S(=O)(=O)NC(C)(C)C)c1.CCc1cnc(Nc2ccc(Oc3ccccc3)cc2)nc1Cc1cccc(S(N)(=O)=O)c1. The van der Waals surface area contributed by atoms with Crippen molar-refractivity contribution in [3.63, 3.8) is 0 Å². The lowest BCUT2D eigenvalue weighted by molar-refractivity contribution is 0.482. The number of aryl methyl sites for hydroxylation is 2. The van der Waals surface area contributed by atoms with E-state index in [0.717, 1.165) is 80.9 Å². The van der Waals surface area contributed by atoms with Gasteiger partial charge in [-0.05, 0) is 153 Å². The van der Waals surface area contributed by atoms with Gasteiger partial charge in [0.25, 0.3) is 0 Å². The molecule has 0 radical (unpaired) electrons. The molecule has 0 saturated carbocycles. The number of nitrogens with zero attached hydrogens (tertiary/aromatic N) is 4. The highest BCUT2D eigenvalue weighted by molar-refractivity contribution is 7.89. The van der Waals surface area contributed by atoms with Crippen molar-refractivity contribution in [3.05, 3.63) is 204 Å². The van der Waals surface area contributed by atoms with Gasteiger partial charge in [-0.2, -0.15) is 0 Å². The highest BCUT2D eigenvalue weighted by Gasteiger charge is 2.22. The lowest BCUT2D eigenvalue weighted by Crippen LogP contribution is -2.40. The number of rotatable bonds is 17. The quantitative estimate of drug-likeness (QED) is 0.0674. The smallest absolute Gasteiger partial charge is 0.241 e. The zero-order chi connectivity index (χ0) is 49.7. The summed E-state index contributed by atoms with van der Waals surface area (Å²) >= 11 is 0. The molecular formula is C54H56N8O6S2. The van der Waals surface area contributed by atoms with Gasteiger partial charge in [-0.3, -0.25) is 0 Å². The summed E-state index contributed by atoms with van der Waals surface area (Å²) in [6.45, 7) is 9.54. The van der Waals surface area contributed by atoms with Gasteiger partial charge in [-0.1, -0.05) is 74.5 Å². The van der Waals surface area contributed by atoms with E-state index in [4.69, 9.17) is 19.6 Å². The van der Waals surface area contributed by atoms with E-state index in [1.807, 2.05) is 155 Å². The fraction of sp³-hybridized carbons (Fsp3) is 0.185. The summed E-state index contributed by atoms with van der Waals surface area (Å²) in [6.07, 6.45) is 6.10. The standard InChI is InChI=1S/C29H32N4O3S.C25H24N4O3S/c1-5-22-20-30-28(31-23-14-16-25(17-15-23)36-24-11-7-6-8-12-24)32-27(22)19-21-10-9-13-26(18-21)37(34,35)33-29(2,3)4;1-2-19-17-27-25(29-24(19)16-18-7-6-10-23(15-18)33(26,30)31)28-20-11-13-22(14-12-20)32-21-8-4-3-5-9-21/h6-18,20,33H,5,19H2,1-4H3,(H,30,31,32);3-15,17H,2,16H2,1H3,(H2,26,30,31)(H,27,28,29). The number of nitrogens with two attached hydrogens (primary N) is 1. The Hall–Kier alpha value is -7.50. The maximum atomic E-state index is 12.8. The van der Waals surface area contributed by atoms with Crippen LogP contribution in [0, 0.1) is 0 Å². The second-order valence-corrected chi connectivity index (χ2v) is 20.5. The molecule has 16 heteroatoms. The topological polar surface area (TPSA) is 200 Å². The van der Waals surface area contributed by atoms with E-state index < -0.39 is 25.6 Å². The van der Waals surface area contributed by atoms with Crippen LogP contribution in [0.2, 0.25) is 0 Å². The number of hydrogen-bond donors (Lipinski definition) is 4. The first-order valence-electron chi connectivity index (χ1n) is 22.7. The van der Waals surface area contributed by atoms with Gasteiger partial charge in [0.2, 0.25) is 31.9 Å². The molecule has 2 heterocycles. The van der Waals surface area contributed by atoms with E-state index in [1.54, 1.807) is 36.5 Å². The molecular weight excluding hydrogens is 921 g/mol. The first kappa shape index (κ1) is 50.4. The number of nitrogens with one attached hydrogen (secondary N) is 3. The van der Waals surface area contributed by atoms with Crippen molar-refractivity contribution in [3.8, 4) is 23.0 Å². The van der Waals surface area contributed by atoms with Crippen molar-refractivity contribution in [2.24, 2.45) is 5.14 Å². The summed E-state index contributed by atoms with van der Waals surface area (Å²) < 4.78 is 63.3. The number of primary sulfonamides is 1. The molecule has 0 fully saturated rings. The first-order chi connectivity index (χ1) is 33.5. The van der Waals surface area contributed by atoms with Crippen LogP contribution in [0.3, 0.4) is 0 Å². The van der Waals surface area contributed by atoms with E-state index in [-0.39, 0.29) is 9.79 Å². The number of hydrogen-bond acceptors (Lipinski definition) is 12. The molecule has 6 aromatic carbocycles. The van der Waals surface area contributed by atoms with Crippen molar-refractivity contribution in [1.82, 2.24) is 24.7 Å². The molecule has 8 rings (SSSR count). The van der Waals surface area contributed by atoms with Crippen LogP contribution >= 0.6 is 0 Å². The molecule has 0 atom stereocenters. The van der Waals surface area contributed by atoms with Gasteiger partial charge < -0.3 is 20.1 Å². The van der Waals surface area contributed by atoms with Crippen LogP contribution in [0.1, 0.15) is 68.3 Å². The number of para-hydroxylation sites is 2. The Kier molecular flexibility index (Phi) is 16.4. The molecule has 2 aromatic heterocycles. The third-order valence-electron chi connectivity index (χ3n) is 10.5. The molecule has 0 amide bonds. The predicted molar refractivity (Wildman–Crippen MR) is 275 cm³/mol. The zero-order valence-electron chi connectivity index (χ0n) is 39.6. The van der Waals surface area contributed by atoms with Gasteiger partial charge >= 0.3 is 0 Å². The van der Waals surface area contributed by atoms with Crippen molar-refractivity contribution >= 4 is 43.3 Å². The fourth-order valence-corrected chi connectivity index (χ4v) is 9.20. The molecule has 0 saturated heterocycles. The van der Waals surface area contributed by atoms with Crippen LogP contribution in [-0.2, 0) is 45.7 Å². The van der Waals surface area contributed by atoms with Gasteiger partial charge in [-0.25, -0.2) is 46.6 Å². The molecule has 14 nitrogen and oxygen atoms in total. The minimum atomic E-state index is -3.76. The Morgan fingerprint density at radius 3 is 1.31 bits per heavy atom. The average Bonchev–Trinajstić information content (AvgIpc) is 3.33. The molecule has 0 unspecified atom stereocenters. The van der Waals surface area contributed by atoms with Gasteiger partial charge in [-0.15, -0.1) is 0 Å². The molecule has 5 N–H and O–H groups in total. The minimum absolute atomic E-state index is 0.0864. The van der Waals surface area contributed by atoms with Crippen molar-refractivity contribution in [1.29, 1.82) is 0 Å². The summed E-state index contributed by atoms with van der Waals surface area (Å²) in [4.78, 5) is 18.7. The highest BCUT2D eigenvalue weighted by Crippen LogP contribution is 2.27. The monoisotopic (exact) mass is 976 g/mol. The molecule has 0 aliphatic carbocycles. The Balaban J connectivity index is 0.000000208.